The molecule has 3 nitrogen and oxygen atoms in total. The average molecular weight is 295 g/mol. The van der Waals surface area contributed by atoms with E-state index in [9.17, 15) is 4.79 Å². The van der Waals surface area contributed by atoms with E-state index in [4.69, 9.17) is 16.0 Å². The Morgan fingerprint density at radius 3 is 3.00 bits per heavy atom. The minimum atomic E-state index is -0.127. The molecule has 0 radical (unpaired) electrons. The number of carbonyl (C=O) groups is 1. The third kappa shape index (κ3) is 3.87. The van der Waals surface area contributed by atoms with Crippen LogP contribution in [0.15, 0.2) is 21.4 Å². The molecule has 1 heterocycles. The Morgan fingerprint density at radius 1 is 1.73 bits per heavy atom. The van der Waals surface area contributed by atoms with Crippen LogP contribution in [0.25, 0.3) is 0 Å². The number of hydrogen-bond donors (Lipinski definition) is 1. The molecule has 15 heavy (non-hydrogen) atoms. The molecule has 84 valence electrons. The summed E-state index contributed by atoms with van der Waals surface area (Å²) in [7, 11) is 0. The number of alkyl halides is 1. The second-order valence-electron chi connectivity index (χ2n) is 3.31. The van der Waals surface area contributed by atoms with Crippen molar-refractivity contribution in [2.45, 2.75) is 25.8 Å². The quantitative estimate of drug-likeness (QED) is 0.848. The Balaban J connectivity index is 2.46. The van der Waals surface area contributed by atoms with Crippen molar-refractivity contribution in [2.24, 2.45) is 0 Å². The molecule has 1 unspecified atom stereocenters. The summed E-state index contributed by atoms with van der Waals surface area (Å²) in [4.78, 5) is 11.7. The van der Waals surface area contributed by atoms with E-state index < -0.39 is 0 Å². The molecule has 0 aliphatic carbocycles. The summed E-state index contributed by atoms with van der Waals surface area (Å²) in [6.45, 7) is 1.96. The lowest BCUT2D eigenvalue weighted by molar-refractivity contribution is 0.0936. The summed E-state index contributed by atoms with van der Waals surface area (Å²) in [5.74, 6) is 0.494. The zero-order valence-corrected chi connectivity index (χ0v) is 10.8. The highest BCUT2D eigenvalue weighted by Crippen LogP contribution is 2.17. The fourth-order valence-electron chi connectivity index (χ4n) is 1.21. The molecule has 0 aliphatic heterocycles. The summed E-state index contributed by atoms with van der Waals surface area (Å²) < 4.78 is 5.45. The molecule has 1 aromatic heterocycles. The Kier molecular flexibility index (Phi) is 5.19. The lowest BCUT2D eigenvalue weighted by atomic mass is 10.2. The second-order valence-corrected chi connectivity index (χ2v) is 4.41. The zero-order valence-electron chi connectivity index (χ0n) is 8.43. The van der Waals surface area contributed by atoms with Crippen LogP contribution in [0.1, 0.15) is 30.1 Å². The molecule has 0 saturated carbocycles. The van der Waals surface area contributed by atoms with Gasteiger partial charge >= 0.3 is 0 Å². The van der Waals surface area contributed by atoms with Crippen LogP contribution in [0.2, 0.25) is 0 Å². The van der Waals surface area contributed by atoms with E-state index in [1.54, 1.807) is 6.07 Å². The molecule has 0 aliphatic rings. The van der Waals surface area contributed by atoms with E-state index in [-0.39, 0.29) is 11.9 Å². The van der Waals surface area contributed by atoms with E-state index in [1.165, 1.54) is 6.26 Å². The Morgan fingerprint density at radius 2 is 2.47 bits per heavy atom. The normalized spacial score (nSPS) is 12.5. The Bertz CT molecular complexity index is 327. The van der Waals surface area contributed by atoms with Crippen LogP contribution in [-0.2, 0) is 0 Å². The average Bonchev–Trinajstić information content (AvgIpc) is 2.61. The zero-order chi connectivity index (χ0) is 11.3. The first-order chi connectivity index (χ1) is 7.15. The molecular weight excluding hydrogens is 281 g/mol. The van der Waals surface area contributed by atoms with Crippen LogP contribution in [0.5, 0.6) is 0 Å². The molecule has 1 aromatic rings. The Labute approximate surface area is 102 Å². The van der Waals surface area contributed by atoms with Gasteiger partial charge in [-0.25, -0.2) is 0 Å². The number of halogens is 2. The van der Waals surface area contributed by atoms with Gasteiger partial charge in [0.05, 0.1) is 11.8 Å². The van der Waals surface area contributed by atoms with Gasteiger partial charge in [0.1, 0.15) is 0 Å². The van der Waals surface area contributed by atoms with E-state index in [0.717, 1.165) is 12.8 Å². The van der Waals surface area contributed by atoms with E-state index in [2.05, 4.69) is 21.2 Å². The van der Waals surface area contributed by atoms with Gasteiger partial charge in [0.25, 0.3) is 5.91 Å². The largest absolute Gasteiger partial charge is 0.457 e. The lowest BCUT2D eigenvalue weighted by Crippen LogP contribution is -2.32. The summed E-state index contributed by atoms with van der Waals surface area (Å²) in [6.07, 6.45) is 3.25. The molecule has 0 bridgehead atoms. The summed E-state index contributed by atoms with van der Waals surface area (Å²) in [5, 5.41) is 2.87. The van der Waals surface area contributed by atoms with Crippen molar-refractivity contribution in [1.82, 2.24) is 5.32 Å². The van der Waals surface area contributed by atoms with Crippen molar-refractivity contribution in [1.29, 1.82) is 0 Å². The lowest BCUT2D eigenvalue weighted by Gasteiger charge is -2.12. The van der Waals surface area contributed by atoms with Gasteiger partial charge in [-0.2, -0.15) is 0 Å². The van der Waals surface area contributed by atoms with Crippen LogP contribution in [0.3, 0.4) is 0 Å². The third-order valence-corrected chi connectivity index (χ3v) is 2.89. The minimum absolute atomic E-state index is 0.123. The van der Waals surface area contributed by atoms with Gasteiger partial charge in [0, 0.05) is 11.9 Å². The molecule has 1 amide bonds. The molecular formula is C10H13BrClNO2. The Hall–Kier alpha value is -0.480. The predicted octanol–water partition coefficient (Wildman–Crippen LogP) is 3.18. The van der Waals surface area contributed by atoms with Crippen LogP contribution < -0.4 is 5.32 Å². The fraction of sp³-hybridized carbons (Fsp3) is 0.500. The van der Waals surface area contributed by atoms with Crippen LogP contribution in [0, 0.1) is 0 Å². The first kappa shape index (κ1) is 12.6. The molecule has 0 saturated heterocycles. The van der Waals surface area contributed by atoms with E-state index in [1.807, 2.05) is 6.92 Å². The first-order valence-corrected chi connectivity index (χ1v) is 6.07. The number of amides is 1. The van der Waals surface area contributed by atoms with E-state index >= 15 is 0 Å². The van der Waals surface area contributed by atoms with Crippen molar-refractivity contribution in [3.05, 3.63) is 22.6 Å². The molecule has 1 rings (SSSR count). The maximum absolute atomic E-state index is 11.7. The minimum Gasteiger partial charge on any atom is -0.457 e. The summed E-state index contributed by atoms with van der Waals surface area (Å²) >= 11 is 8.73. The standard InChI is InChI=1S/C10H13BrClNO2/c1-7(3-2-5-12)13-10(14)8-4-6-15-9(8)11/h4,6-7H,2-3,5H2,1H3,(H,13,14). The molecule has 0 aromatic carbocycles. The van der Waals surface area contributed by atoms with Crippen molar-refractivity contribution in [3.8, 4) is 0 Å². The van der Waals surface area contributed by atoms with Crippen molar-refractivity contribution >= 4 is 33.4 Å². The SMILES string of the molecule is CC(CCCCl)NC(=O)c1ccoc1Br. The van der Waals surface area contributed by atoms with Crippen molar-refractivity contribution in [2.75, 3.05) is 5.88 Å². The number of rotatable bonds is 5. The van der Waals surface area contributed by atoms with Crippen LogP contribution in [0.4, 0.5) is 0 Å². The van der Waals surface area contributed by atoms with Gasteiger partial charge < -0.3 is 9.73 Å². The van der Waals surface area contributed by atoms with Gasteiger partial charge in [0.15, 0.2) is 4.67 Å². The first-order valence-electron chi connectivity index (χ1n) is 4.75. The maximum Gasteiger partial charge on any atom is 0.255 e. The highest BCUT2D eigenvalue weighted by Gasteiger charge is 2.14. The number of nitrogens with one attached hydrogen (secondary N) is 1. The molecule has 1 atom stereocenters. The van der Waals surface area contributed by atoms with Gasteiger partial charge in [-0.05, 0) is 41.8 Å². The number of hydrogen-bond acceptors (Lipinski definition) is 2. The highest BCUT2D eigenvalue weighted by atomic mass is 79.9. The van der Waals surface area contributed by atoms with Crippen LogP contribution >= 0.6 is 27.5 Å². The third-order valence-electron chi connectivity index (χ3n) is 2.01. The number of carbonyl (C=O) groups excluding carboxylic acids is 1. The van der Waals surface area contributed by atoms with Gasteiger partial charge in [-0.15, -0.1) is 11.6 Å². The summed E-state index contributed by atoms with van der Waals surface area (Å²) in [6, 6.07) is 1.76. The van der Waals surface area contributed by atoms with E-state index in [0.29, 0.717) is 16.1 Å². The molecule has 5 heteroatoms. The fourth-order valence-corrected chi connectivity index (χ4v) is 1.79. The molecule has 0 fully saturated rings. The van der Waals surface area contributed by atoms with Crippen molar-refractivity contribution in [3.63, 3.8) is 0 Å². The van der Waals surface area contributed by atoms with Gasteiger partial charge in [-0.3, -0.25) is 4.79 Å². The van der Waals surface area contributed by atoms with Crippen molar-refractivity contribution < 1.29 is 9.21 Å². The van der Waals surface area contributed by atoms with Gasteiger partial charge in [0.2, 0.25) is 0 Å². The monoisotopic (exact) mass is 293 g/mol. The predicted molar refractivity (Wildman–Crippen MR) is 63.3 cm³/mol. The molecule has 1 N–H and O–H groups in total. The summed E-state index contributed by atoms with van der Waals surface area (Å²) in [5.41, 5.74) is 0.521. The second kappa shape index (κ2) is 6.18. The van der Waals surface area contributed by atoms with Gasteiger partial charge in [-0.1, -0.05) is 0 Å². The number of furan rings is 1. The van der Waals surface area contributed by atoms with Crippen LogP contribution in [-0.4, -0.2) is 17.8 Å². The molecule has 0 spiro atoms. The highest BCUT2D eigenvalue weighted by molar-refractivity contribution is 9.10. The smallest absolute Gasteiger partial charge is 0.255 e. The topological polar surface area (TPSA) is 42.2 Å². The maximum atomic E-state index is 11.7.